The van der Waals surface area contributed by atoms with Gasteiger partial charge in [-0.25, -0.2) is 5.01 Å². The maximum Gasteiger partial charge on any atom is 0.268 e. The predicted molar refractivity (Wildman–Crippen MR) is 64.8 cm³/mol. The van der Waals surface area contributed by atoms with Gasteiger partial charge in [0.25, 0.3) is 5.91 Å². The molecule has 0 aromatic carbocycles. The number of nitrogens with zero attached hydrogens (tertiary/aromatic N) is 2. The summed E-state index contributed by atoms with van der Waals surface area (Å²) in [5.74, 6) is -0.600. The van der Waals surface area contributed by atoms with Crippen LogP contribution in [0.4, 0.5) is 0 Å². The molecule has 0 bridgehead atoms. The van der Waals surface area contributed by atoms with E-state index in [0.29, 0.717) is 6.42 Å². The topological polar surface area (TPSA) is 102 Å². The summed E-state index contributed by atoms with van der Waals surface area (Å²) in [5, 5.41) is 26.1. The number of carbonyl (C=O) groups is 2. The highest BCUT2D eigenvalue weighted by atomic mass is 16.3. The van der Waals surface area contributed by atoms with Crippen LogP contribution in [-0.4, -0.2) is 58.5 Å². The number of hydrogen-bond donors (Lipinski definition) is 3. The van der Waals surface area contributed by atoms with Crippen molar-refractivity contribution in [3.8, 4) is 0 Å². The summed E-state index contributed by atoms with van der Waals surface area (Å²) in [4.78, 5) is 23.2. The van der Waals surface area contributed by atoms with Gasteiger partial charge in [0.05, 0.1) is 18.8 Å². The molecule has 0 unspecified atom stereocenters. The van der Waals surface area contributed by atoms with Crippen LogP contribution < -0.4 is 5.32 Å². The second-order valence-electron chi connectivity index (χ2n) is 4.37. The van der Waals surface area contributed by atoms with Gasteiger partial charge in [-0.1, -0.05) is 6.92 Å². The third kappa shape index (κ3) is 3.05. The molecule has 2 amide bonds. The summed E-state index contributed by atoms with van der Waals surface area (Å²) in [6.45, 7) is 1.05. The Bertz CT molecular complexity index is 355. The molecular weight excluding hydrogens is 238 g/mol. The van der Waals surface area contributed by atoms with Gasteiger partial charge >= 0.3 is 0 Å². The van der Waals surface area contributed by atoms with E-state index in [1.165, 1.54) is 7.05 Å². The average Bonchev–Trinajstić information content (AvgIpc) is 2.39. The third-order valence-electron chi connectivity index (χ3n) is 3.13. The fourth-order valence-electron chi connectivity index (χ4n) is 1.59. The normalized spacial score (nSPS) is 16.6. The Morgan fingerprint density at radius 1 is 1.44 bits per heavy atom. The summed E-state index contributed by atoms with van der Waals surface area (Å²) in [6.07, 6.45) is 0.902. The van der Waals surface area contributed by atoms with E-state index in [0.717, 1.165) is 5.01 Å². The highest BCUT2D eigenvalue weighted by Crippen LogP contribution is 2.11. The third-order valence-corrected chi connectivity index (χ3v) is 3.13. The largest absolute Gasteiger partial charge is 0.394 e. The Morgan fingerprint density at radius 2 is 2.06 bits per heavy atom. The Hall–Kier alpha value is -1.47. The molecule has 102 valence electrons. The summed E-state index contributed by atoms with van der Waals surface area (Å²) >= 11 is 0. The number of nitrogens with one attached hydrogen (secondary N) is 1. The maximum atomic E-state index is 11.9. The molecule has 1 aliphatic rings. The lowest BCUT2D eigenvalue weighted by molar-refractivity contribution is -0.130. The standard InChI is InChI=1S/C11H19N3O4/c1-3-11(6-15,7-16)12-10(18)8-4-5-9(17)14(2)13-8/h15-16H,3-7H2,1-2H3,(H,12,18). The van der Waals surface area contributed by atoms with Crippen molar-refractivity contribution in [3.05, 3.63) is 0 Å². The quantitative estimate of drug-likeness (QED) is 0.578. The lowest BCUT2D eigenvalue weighted by atomic mass is 9.97. The molecule has 1 rings (SSSR count). The first kappa shape index (κ1) is 14.6. The minimum atomic E-state index is -1.04. The molecule has 1 heterocycles. The van der Waals surface area contributed by atoms with Crippen LogP contribution in [-0.2, 0) is 9.59 Å². The van der Waals surface area contributed by atoms with E-state index in [2.05, 4.69) is 10.4 Å². The SMILES string of the molecule is CCC(CO)(CO)NC(=O)C1=NN(C)C(=O)CC1. The van der Waals surface area contributed by atoms with Crippen LogP contribution in [0.3, 0.4) is 0 Å². The Kier molecular flexibility index (Phi) is 4.80. The molecule has 0 atom stereocenters. The van der Waals surface area contributed by atoms with Crippen molar-refractivity contribution < 1.29 is 19.8 Å². The van der Waals surface area contributed by atoms with E-state index in [4.69, 9.17) is 0 Å². The minimum Gasteiger partial charge on any atom is -0.394 e. The number of aliphatic hydroxyl groups excluding tert-OH is 2. The van der Waals surface area contributed by atoms with Gasteiger partial charge < -0.3 is 15.5 Å². The lowest BCUT2D eigenvalue weighted by Crippen LogP contribution is -2.56. The summed E-state index contributed by atoms with van der Waals surface area (Å²) < 4.78 is 0. The molecule has 0 fully saturated rings. The van der Waals surface area contributed by atoms with Crippen LogP contribution in [0.2, 0.25) is 0 Å². The molecule has 18 heavy (non-hydrogen) atoms. The smallest absolute Gasteiger partial charge is 0.268 e. The van der Waals surface area contributed by atoms with Gasteiger partial charge in [-0.2, -0.15) is 5.10 Å². The number of amides is 2. The average molecular weight is 257 g/mol. The highest BCUT2D eigenvalue weighted by Gasteiger charge is 2.31. The number of carbonyl (C=O) groups excluding carboxylic acids is 2. The van der Waals surface area contributed by atoms with E-state index < -0.39 is 11.4 Å². The van der Waals surface area contributed by atoms with Crippen LogP contribution in [0, 0.1) is 0 Å². The molecule has 0 spiro atoms. The first-order chi connectivity index (χ1) is 8.48. The summed E-state index contributed by atoms with van der Waals surface area (Å²) in [5.41, 5.74) is -0.809. The highest BCUT2D eigenvalue weighted by molar-refractivity contribution is 6.39. The molecule has 7 nitrogen and oxygen atoms in total. The first-order valence-corrected chi connectivity index (χ1v) is 5.86. The van der Waals surface area contributed by atoms with Gasteiger partial charge in [0.2, 0.25) is 5.91 Å². The zero-order valence-corrected chi connectivity index (χ0v) is 10.6. The van der Waals surface area contributed by atoms with Crippen molar-refractivity contribution in [1.82, 2.24) is 10.3 Å². The van der Waals surface area contributed by atoms with E-state index in [-0.39, 0.29) is 37.7 Å². The van der Waals surface area contributed by atoms with Gasteiger partial charge in [0.1, 0.15) is 5.71 Å². The molecule has 7 heteroatoms. The molecule has 0 aromatic heterocycles. The number of hydrazone groups is 1. The molecule has 0 aromatic rings. The number of rotatable bonds is 5. The van der Waals surface area contributed by atoms with E-state index >= 15 is 0 Å². The van der Waals surface area contributed by atoms with Crippen LogP contribution >= 0.6 is 0 Å². The number of hydrogen-bond acceptors (Lipinski definition) is 5. The Balaban J connectivity index is 2.77. The van der Waals surface area contributed by atoms with E-state index in [9.17, 15) is 19.8 Å². The van der Waals surface area contributed by atoms with E-state index in [1.54, 1.807) is 6.92 Å². The molecule has 0 aliphatic carbocycles. The Morgan fingerprint density at radius 3 is 2.50 bits per heavy atom. The van der Waals surface area contributed by atoms with Crippen LogP contribution in [0.15, 0.2) is 5.10 Å². The predicted octanol–water partition coefficient (Wildman–Crippen LogP) is -1.16. The van der Waals surface area contributed by atoms with Crippen molar-refractivity contribution in [2.45, 2.75) is 31.7 Å². The fourth-order valence-corrected chi connectivity index (χ4v) is 1.59. The van der Waals surface area contributed by atoms with Gasteiger partial charge in [0.15, 0.2) is 0 Å². The zero-order valence-electron chi connectivity index (χ0n) is 10.6. The van der Waals surface area contributed by atoms with E-state index in [1.807, 2.05) is 0 Å². The summed E-state index contributed by atoms with van der Waals surface area (Å²) in [7, 11) is 1.49. The van der Waals surface area contributed by atoms with Crippen LogP contribution in [0.1, 0.15) is 26.2 Å². The first-order valence-electron chi connectivity index (χ1n) is 5.86. The van der Waals surface area contributed by atoms with Crippen molar-refractivity contribution in [1.29, 1.82) is 0 Å². The molecule has 0 saturated carbocycles. The van der Waals surface area contributed by atoms with Crippen molar-refractivity contribution >= 4 is 17.5 Å². The van der Waals surface area contributed by atoms with Crippen LogP contribution in [0.25, 0.3) is 0 Å². The van der Waals surface area contributed by atoms with Gasteiger partial charge in [-0.15, -0.1) is 0 Å². The lowest BCUT2D eigenvalue weighted by Gasteiger charge is -2.30. The minimum absolute atomic E-state index is 0.141. The van der Waals surface area contributed by atoms with Gasteiger partial charge in [-0.3, -0.25) is 9.59 Å². The molecule has 0 radical (unpaired) electrons. The van der Waals surface area contributed by atoms with Gasteiger partial charge in [0, 0.05) is 19.9 Å². The second kappa shape index (κ2) is 5.92. The monoisotopic (exact) mass is 257 g/mol. The molecule has 3 N–H and O–H groups in total. The molecule has 1 aliphatic heterocycles. The second-order valence-corrected chi connectivity index (χ2v) is 4.37. The summed E-state index contributed by atoms with van der Waals surface area (Å²) in [6, 6.07) is 0. The van der Waals surface area contributed by atoms with Gasteiger partial charge in [-0.05, 0) is 6.42 Å². The fraction of sp³-hybridized carbons (Fsp3) is 0.727. The molecular formula is C11H19N3O4. The maximum absolute atomic E-state index is 11.9. The van der Waals surface area contributed by atoms with Crippen molar-refractivity contribution in [2.24, 2.45) is 5.10 Å². The van der Waals surface area contributed by atoms with Crippen molar-refractivity contribution in [2.75, 3.05) is 20.3 Å². The zero-order chi connectivity index (χ0) is 13.8. The van der Waals surface area contributed by atoms with Crippen LogP contribution in [0.5, 0.6) is 0 Å². The number of aliphatic hydroxyl groups is 2. The molecule has 0 saturated heterocycles. The Labute approximate surface area is 105 Å². The van der Waals surface area contributed by atoms with Crippen molar-refractivity contribution in [3.63, 3.8) is 0 Å².